The number of amides is 2. The summed E-state index contributed by atoms with van der Waals surface area (Å²) in [6.45, 7) is 0.561. The molecule has 1 aliphatic carbocycles. The van der Waals surface area contributed by atoms with E-state index in [4.69, 9.17) is 4.74 Å². The van der Waals surface area contributed by atoms with Gasteiger partial charge in [0.1, 0.15) is 0 Å². The molecule has 1 saturated heterocycles. The van der Waals surface area contributed by atoms with Crippen LogP contribution in [-0.2, 0) is 14.3 Å². The fourth-order valence-corrected chi connectivity index (χ4v) is 3.78. The second kappa shape index (κ2) is 7.79. The van der Waals surface area contributed by atoms with Gasteiger partial charge in [0.25, 0.3) is 0 Å². The lowest BCUT2D eigenvalue weighted by Gasteiger charge is -2.27. The largest absolute Gasteiger partial charge is 0.381 e. The topological polar surface area (TPSA) is 58.6 Å². The van der Waals surface area contributed by atoms with Crippen LogP contribution in [0.25, 0.3) is 0 Å². The van der Waals surface area contributed by atoms with Gasteiger partial charge in [-0.15, -0.1) is 0 Å². The van der Waals surface area contributed by atoms with E-state index in [1.165, 1.54) is 0 Å². The number of ether oxygens (including phenoxy) is 1. The molecule has 2 fully saturated rings. The molecule has 1 N–H and O–H groups in total. The Morgan fingerprint density at radius 2 is 1.92 bits per heavy atom. The Morgan fingerprint density at radius 1 is 1.21 bits per heavy atom. The van der Waals surface area contributed by atoms with Gasteiger partial charge in [-0.3, -0.25) is 9.59 Å². The highest BCUT2D eigenvalue weighted by Gasteiger charge is 2.32. The van der Waals surface area contributed by atoms with E-state index in [1.807, 2.05) is 30.3 Å². The molecule has 0 spiro atoms. The molecule has 2 amide bonds. The first-order valence-corrected chi connectivity index (χ1v) is 8.83. The van der Waals surface area contributed by atoms with Crippen LogP contribution >= 0.6 is 0 Å². The zero-order valence-corrected chi connectivity index (χ0v) is 14.2. The number of anilines is 1. The second-order valence-electron chi connectivity index (χ2n) is 6.89. The van der Waals surface area contributed by atoms with Crippen LogP contribution in [0.1, 0.15) is 38.5 Å². The van der Waals surface area contributed by atoms with Gasteiger partial charge in [-0.2, -0.15) is 0 Å². The molecule has 3 rings (SSSR count). The van der Waals surface area contributed by atoms with E-state index in [9.17, 15) is 9.59 Å². The van der Waals surface area contributed by atoms with Crippen LogP contribution in [0.3, 0.4) is 0 Å². The molecular weight excluding hydrogens is 304 g/mol. The number of benzene rings is 1. The van der Waals surface area contributed by atoms with Crippen molar-refractivity contribution in [2.75, 3.05) is 18.6 Å². The lowest BCUT2D eigenvalue weighted by Crippen LogP contribution is -2.38. The Morgan fingerprint density at radius 3 is 2.58 bits per heavy atom. The van der Waals surface area contributed by atoms with Crippen LogP contribution in [-0.4, -0.2) is 37.6 Å². The number of methoxy groups -OCH3 is 1. The first-order valence-electron chi connectivity index (χ1n) is 8.83. The van der Waals surface area contributed by atoms with Gasteiger partial charge in [0.2, 0.25) is 11.8 Å². The number of para-hydroxylation sites is 1. The van der Waals surface area contributed by atoms with Crippen molar-refractivity contribution in [3.05, 3.63) is 30.3 Å². The zero-order chi connectivity index (χ0) is 16.9. The minimum atomic E-state index is -0.0829. The first-order chi connectivity index (χ1) is 11.7. The fourth-order valence-electron chi connectivity index (χ4n) is 3.78. The summed E-state index contributed by atoms with van der Waals surface area (Å²) in [4.78, 5) is 26.2. The Hall–Kier alpha value is -1.88. The van der Waals surface area contributed by atoms with Gasteiger partial charge in [0, 0.05) is 32.2 Å². The third kappa shape index (κ3) is 4.15. The van der Waals surface area contributed by atoms with Crippen molar-refractivity contribution in [3.8, 4) is 0 Å². The molecule has 1 heterocycles. The van der Waals surface area contributed by atoms with E-state index >= 15 is 0 Å². The highest BCUT2D eigenvalue weighted by Crippen LogP contribution is 2.28. The number of rotatable bonds is 5. The molecule has 1 aromatic carbocycles. The third-order valence-electron chi connectivity index (χ3n) is 5.16. The molecule has 5 nitrogen and oxygen atoms in total. The van der Waals surface area contributed by atoms with Gasteiger partial charge >= 0.3 is 0 Å². The molecule has 2 aliphatic rings. The van der Waals surface area contributed by atoms with Gasteiger partial charge in [0.05, 0.1) is 12.1 Å². The van der Waals surface area contributed by atoms with Crippen LogP contribution < -0.4 is 10.2 Å². The van der Waals surface area contributed by atoms with Crippen molar-refractivity contribution in [1.29, 1.82) is 0 Å². The van der Waals surface area contributed by atoms with Gasteiger partial charge < -0.3 is 15.0 Å². The number of carbonyl (C=O) groups excluding carboxylic acids is 2. The molecule has 130 valence electrons. The van der Waals surface area contributed by atoms with Crippen molar-refractivity contribution in [3.63, 3.8) is 0 Å². The average molecular weight is 330 g/mol. The minimum absolute atomic E-state index is 0.0728. The summed E-state index contributed by atoms with van der Waals surface area (Å²) < 4.78 is 5.37. The number of hydrogen-bond donors (Lipinski definition) is 1. The highest BCUT2D eigenvalue weighted by molar-refractivity contribution is 5.96. The maximum atomic E-state index is 12.3. The van der Waals surface area contributed by atoms with E-state index in [0.717, 1.165) is 31.4 Å². The predicted molar refractivity (Wildman–Crippen MR) is 92.7 cm³/mol. The van der Waals surface area contributed by atoms with Crippen LogP contribution in [0.4, 0.5) is 5.69 Å². The molecular formula is C19H26N2O3. The number of hydrogen-bond acceptors (Lipinski definition) is 3. The maximum Gasteiger partial charge on any atom is 0.229 e. The van der Waals surface area contributed by atoms with Crippen molar-refractivity contribution in [2.24, 2.45) is 5.92 Å². The Bertz CT molecular complexity index is 567. The summed E-state index contributed by atoms with van der Waals surface area (Å²) in [6.07, 6.45) is 5.48. The van der Waals surface area contributed by atoms with E-state index in [1.54, 1.807) is 12.0 Å². The molecule has 24 heavy (non-hydrogen) atoms. The predicted octanol–water partition coefficient (Wildman–Crippen LogP) is 2.50. The summed E-state index contributed by atoms with van der Waals surface area (Å²) in [6, 6.07) is 9.55. The quantitative estimate of drug-likeness (QED) is 0.902. The molecule has 1 aromatic rings. The monoisotopic (exact) mass is 330 g/mol. The van der Waals surface area contributed by atoms with Crippen LogP contribution in [0.5, 0.6) is 0 Å². The molecule has 1 aliphatic heterocycles. The Balaban J connectivity index is 1.47. The summed E-state index contributed by atoms with van der Waals surface area (Å²) in [5.74, 6) is 0.592. The lowest BCUT2D eigenvalue weighted by molar-refractivity contribution is -0.123. The standard InChI is InChI=1S/C19H26N2O3/c1-24-17-9-7-14(8-10-17)11-18(22)20-15-12-19(23)21(13-15)16-5-3-2-4-6-16/h2-6,14-15,17H,7-13H2,1H3,(H,20,22)/t14?,15-,17?/m1/s1. The van der Waals surface area contributed by atoms with Crippen LogP contribution in [0.2, 0.25) is 0 Å². The van der Waals surface area contributed by atoms with Crippen molar-refractivity contribution in [2.45, 2.75) is 50.7 Å². The maximum absolute atomic E-state index is 12.3. The molecule has 1 saturated carbocycles. The SMILES string of the molecule is COC1CCC(CC(=O)N[C@@H]2CC(=O)N(c3ccccc3)C2)CC1. The summed E-state index contributed by atoms with van der Waals surface area (Å²) in [5.41, 5.74) is 0.900. The fraction of sp³-hybridized carbons (Fsp3) is 0.579. The van der Waals surface area contributed by atoms with E-state index in [-0.39, 0.29) is 17.9 Å². The van der Waals surface area contributed by atoms with Crippen molar-refractivity contribution >= 4 is 17.5 Å². The average Bonchev–Trinajstić information content (AvgIpc) is 2.96. The lowest BCUT2D eigenvalue weighted by atomic mass is 9.85. The summed E-state index contributed by atoms with van der Waals surface area (Å²) >= 11 is 0. The summed E-state index contributed by atoms with van der Waals surface area (Å²) in [7, 11) is 1.76. The van der Waals surface area contributed by atoms with E-state index in [0.29, 0.717) is 31.4 Å². The molecule has 0 unspecified atom stereocenters. The summed E-state index contributed by atoms with van der Waals surface area (Å²) in [5, 5.41) is 3.05. The van der Waals surface area contributed by atoms with Crippen LogP contribution in [0.15, 0.2) is 30.3 Å². The Labute approximate surface area is 143 Å². The Kier molecular flexibility index (Phi) is 5.51. The van der Waals surface area contributed by atoms with Crippen molar-refractivity contribution in [1.82, 2.24) is 5.32 Å². The van der Waals surface area contributed by atoms with Crippen molar-refractivity contribution < 1.29 is 14.3 Å². The number of nitrogens with one attached hydrogen (secondary N) is 1. The van der Waals surface area contributed by atoms with Crippen LogP contribution in [0, 0.1) is 5.92 Å². The van der Waals surface area contributed by atoms with Gasteiger partial charge in [-0.1, -0.05) is 18.2 Å². The van der Waals surface area contributed by atoms with Gasteiger partial charge in [-0.25, -0.2) is 0 Å². The smallest absolute Gasteiger partial charge is 0.229 e. The molecule has 5 heteroatoms. The third-order valence-corrected chi connectivity index (χ3v) is 5.16. The zero-order valence-electron chi connectivity index (χ0n) is 14.2. The van der Waals surface area contributed by atoms with Gasteiger partial charge in [-0.05, 0) is 43.7 Å². The molecule has 0 radical (unpaired) electrons. The van der Waals surface area contributed by atoms with E-state index in [2.05, 4.69) is 5.32 Å². The van der Waals surface area contributed by atoms with E-state index < -0.39 is 0 Å². The van der Waals surface area contributed by atoms with Gasteiger partial charge in [0.15, 0.2) is 0 Å². The normalized spacial score (nSPS) is 27.3. The number of nitrogens with zero attached hydrogens (tertiary/aromatic N) is 1. The highest BCUT2D eigenvalue weighted by atomic mass is 16.5. The second-order valence-corrected chi connectivity index (χ2v) is 6.89. The molecule has 0 bridgehead atoms. The molecule has 1 atom stereocenters. The molecule has 0 aromatic heterocycles. The first kappa shape index (κ1) is 17.0. The number of carbonyl (C=O) groups is 2. The minimum Gasteiger partial charge on any atom is -0.381 e.